The zero-order chi connectivity index (χ0) is 20.0. The van der Waals surface area contributed by atoms with Crippen LogP contribution in [-0.4, -0.2) is 46.8 Å². The first-order valence-corrected chi connectivity index (χ1v) is 9.26. The van der Waals surface area contributed by atoms with Crippen LogP contribution in [0.3, 0.4) is 0 Å². The normalized spacial score (nSPS) is 27.9. The molecule has 0 saturated carbocycles. The fourth-order valence-electron chi connectivity index (χ4n) is 3.93. The summed E-state index contributed by atoms with van der Waals surface area (Å²) in [5.41, 5.74) is 0.321. The lowest BCUT2D eigenvalue weighted by molar-refractivity contribution is -0.126. The zero-order valence-electron chi connectivity index (χ0n) is 16.6. The molecule has 1 aliphatic heterocycles. The summed E-state index contributed by atoms with van der Waals surface area (Å²) in [7, 11) is 1.90. The molecule has 146 valence electrons. The Morgan fingerprint density at radius 1 is 1.30 bits per heavy atom. The van der Waals surface area contributed by atoms with Crippen LogP contribution in [0, 0.1) is 5.41 Å². The molecule has 1 aromatic carbocycles. The van der Waals surface area contributed by atoms with E-state index in [0.717, 1.165) is 10.6 Å². The molecular weight excluding hydrogens is 344 g/mol. The molecule has 3 atom stereocenters. The van der Waals surface area contributed by atoms with Crippen LogP contribution in [0.15, 0.2) is 42.1 Å². The third-order valence-corrected chi connectivity index (χ3v) is 5.22. The van der Waals surface area contributed by atoms with Crippen LogP contribution >= 0.6 is 0 Å². The van der Waals surface area contributed by atoms with Gasteiger partial charge in [0.25, 0.3) is 0 Å². The number of para-hydroxylation sites is 1. The number of fused-ring (bicyclic) bond motifs is 1. The van der Waals surface area contributed by atoms with Crippen LogP contribution in [0.5, 0.6) is 0 Å². The summed E-state index contributed by atoms with van der Waals surface area (Å²) in [6.07, 6.45) is 1.15. The second-order valence-electron chi connectivity index (χ2n) is 8.71. The molecule has 1 aliphatic carbocycles. The minimum atomic E-state index is -0.689. The predicted molar refractivity (Wildman–Crippen MR) is 103 cm³/mol. The third kappa shape index (κ3) is 3.72. The van der Waals surface area contributed by atoms with Gasteiger partial charge in [-0.05, 0) is 45.4 Å². The molecular formula is C21H28N2O4. The van der Waals surface area contributed by atoms with Gasteiger partial charge in [-0.1, -0.05) is 25.1 Å². The van der Waals surface area contributed by atoms with E-state index < -0.39 is 23.2 Å². The van der Waals surface area contributed by atoms with Gasteiger partial charge in [-0.2, -0.15) is 0 Å². The van der Waals surface area contributed by atoms with Crippen LogP contribution < -0.4 is 4.90 Å². The second-order valence-corrected chi connectivity index (χ2v) is 8.71. The highest BCUT2D eigenvalue weighted by Crippen LogP contribution is 2.48. The number of benzene rings is 1. The predicted octanol–water partition coefficient (Wildman–Crippen LogP) is 3.31. The van der Waals surface area contributed by atoms with Gasteiger partial charge < -0.3 is 14.7 Å². The van der Waals surface area contributed by atoms with E-state index in [4.69, 9.17) is 4.74 Å². The third-order valence-electron chi connectivity index (χ3n) is 5.22. The monoisotopic (exact) mass is 372 g/mol. The highest BCUT2D eigenvalue weighted by molar-refractivity contribution is 5.97. The number of imide groups is 1. The van der Waals surface area contributed by atoms with E-state index in [1.165, 1.54) is 0 Å². The number of ether oxygens (including phenoxy) is 1. The van der Waals surface area contributed by atoms with Gasteiger partial charge in [0.2, 0.25) is 5.91 Å². The number of allylic oxidation sites excluding steroid dienone is 1. The number of amides is 2. The van der Waals surface area contributed by atoms with Crippen molar-refractivity contribution in [2.24, 2.45) is 5.41 Å². The van der Waals surface area contributed by atoms with E-state index in [9.17, 15) is 14.7 Å². The maximum atomic E-state index is 12.7. The van der Waals surface area contributed by atoms with Gasteiger partial charge in [-0.15, -0.1) is 0 Å². The van der Waals surface area contributed by atoms with Gasteiger partial charge in [0.15, 0.2) is 0 Å². The zero-order valence-corrected chi connectivity index (χ0v) is 16.6. The van der Waals surface area contributed by atoms with Crippen molar-refractivity contribution in [3.8, 4) is 0 Å². The molecule has 0 radical (unpaired) electrons. The molecule has 0 aromatic heterocycles. The van der Waals surface area contributed by atoms with Crippen LogP contribution in [0.25, 0.3) is 0 Å². The van der Waals surface area contributed by atoms with Gasteiger partial charge >= 0.3 is 6.09 Å². The summed E-state index contributed by atoms with van der Waals surface area (Å²) in [4.78, 5) is 28.4. The van der Waals surface area contributed by atoms with Gasteiger partial charge in [0.05, 0.1) is 12.1 Å². The molecule has 0 unspecified atom stereocenters. The molecule has 6 nitrogen and oxygen atoms in total. The van der Waals surface area contributed by atoms with Crippen molar-refractivity contribution in [1.82, 2.24) is 4.90 Å². The Bertz CT molecular complexity index is 768. The van der Waals surface area contributed by atoms with Gasteiger partial charge in [-0.25, -0.2) is 9.69 Å². The molecule has 1 N–H and O–H groups in total. The summed E-state index contributed by atoms with van der Waals surface area (Å²) in [6.45, 7) is 7.24. The SMILES string of the molecule is CN(c1ccccc1)[C@@H]1C=C2N(C(=O)OC(C)(C)C)C(=O)C[C@]2(C)C[C@@H]1O. The Balaban J connectivity index is 1.96. The average Bonchev–Trinajstić information content (AvgIpc) is 2.81. The number of hydrogen-bond donors (Lipinski definition) is 1. The smallest absolute Gasteiger partial charge is 0.421 e. The highest BCUT2D eigenvalue weighted by atomic mass is 16.6. The minimum absolute atomic E-state index is 0.191. The number of rotatable bonds is 2. The highest BCUT2D eigenvalue weighted by Gasteiger charge is 2.52. The summed E-state index contributed by atoms with van der Waals surface area (Å²) in [6, 6.07) is 9.39. The van der Waals surface area contributed by atoms with E-state index in [1.807, 2.05) is 55.3 Å². The van der Waals surface area contributed by atoms with E-state index >= 15 is 0 Å². The molecule has 3 rings (SSSR count). The second kappa shape index (κ2) is 6.68. The van der Waals surface area contributed by atoms with Crippen LogP contribution in [-0.2, 0) is 9.53 Å². The number of aliphatic hydroxyl groups is 1. The Morgan fingerprint density at radius 3 is 2.52 bits per heavy atom. The molecule has 1 fully saturated rings. The number of carbonyl (C=O) groups is 2. The quantitative estimate of drug-likeness (QED) is 0.862. The number of carbonyl (C=O) groups excluding carboxylic acids is 2. The number of aliphatic hydroxyl groups excluding tert-OH is 1. The molecule has 1 heterocycles. The lowest BCUT2D eigenvalue weighted by Crippen LogP contribution is -2.47. The molecule has 2 amide bonds. The van der Waals surface area contributed by atoms with Gasteiger partial charge in [-0.3, -0.25) is 4.79 Å². The molecule has 1 saturated heterocycles. The van der Waals surface area contributed by atoms with Crippen LogP contribution in [0.1, 0.15) is 40.5 Å². The Morgan fingerprint density at radius 2 is 1.93 bits per heavy atom. The first kappa shape index (κ1) is 19.4. The number of hydrogen-bond acceptors (Lipinski definition) is 5. The fraction of sp³-hybridized carbons (Fsp3) is 0.524. The van der Waals surface area contributed by atoms with Crippen LogP contribution in [0.2, 0.25) is 0 Å². The molecule has 0 bridgehead atoms. The largest absolute Gasteiger partial charge is 0.443 e. The first-order chi connectivity index (χ1) is 12.5. The average molecular weight is 372 g/mol. The van der Waals surface area contributed by atoms with Crippen molar-refractivity contribution in [2.75, 3.05) is 11.9 Å². The van der Waals surface area contributed by atoms with Crippen molar-refractivity contribution < 1.29 is 19.4 Å². The number of anilines is 1. The molecule has 1 aromatic rings. The van der Waals surface area contributed by atoms with Crippen molar-refractivity contribution in [1.29, 1.82) is 0 Å². The summed E-state index contributed by atoms with van der Waals surface area (Å²) < 4.78 is 5.44. The Hall–Kier alpha value is -2.34. The minimum Gasteiger partial charge on any atom is -0.443 e. The standard InChI is InChI=1S/C21H28N2O4/c1-20(2,3)27-19(26)23-17-11-15(22(5)14-9-7-6-8-10-14)16(24)12-21(17,4)13-18(23)25/h6-11,15-16,24H,12-13H2,1-5H3/t15-,16+,21+/m1/s1. The molecule has 27 heavy (non-hydrogen) atoms. The van der Waals surface area contributed by atoms with E-state index in [2.05, 4.69) is 0 Å². The summed E-state index contributed by atoms with van der Waals surface area (Å²) in [5, 5.41) is 10.8. The lowest BCUT2D eigenvalue weighted by Gasteiger charge is -2.41. The van der Waals surface area contributed by atoms with Crippen molar-refractivity contribution >= 4 is 17.7 Å². The van der Waals surface area contributed by atoms with E-state index in [0.29, 0.717) is 12.1 Å². The molecule has 6 heteroatoms. The van der Waals surface area contributed by atoms with Crippen LogP contribution in [0.4, 0.5) is 10.5 Å². The summed E-state index contributed by atoms with van der Waals surface area (Å²) in [5.74, 6) is -0.284. The maximum Gasteiger partial charge on any atom is 0.421 e. The van der Waals surface area contributed by atoms with Gasteiger partial charge in [0.1, 0.15) is 5.60 Å². The Labute approximate surface area is 160 Å². The van der Waals surface area contributed by atoms with Crippen molar-refractivity contribution in [2.45, 2.75) is 58.3 Å². The van der Waals surface area contributed by atoms with E-state index in [1.54, 1.807) is 20.8 Å². The molecule has 2 aliphatic rings. The van der Waals surface area contributed by atoms with Crippen molar-refractivity contribution in [3.05, 3.63) is 42.1 Å². The summed E-state index contributed by atoms with van der Waals surface area (Å²) >= 11 is 0. The Kier molecular flexibility index (Phi) is 4.80. The lowest BCUT2D eigenvalue weighted by atomic mass is 9.74. The maximum absolute atomic E-state index is 12.7. The number of likely N-dealkylation sites (N-methyl/N-ethyl adjacent to an activating group) is 1. The first-order valence-electron chi connectivity index (χ1n) is 9.26. The topological polar surface area (TPSA) is 70.1 Å². The van der Waals surface area contributed by atoms with Gasteiger partial charge in [0, 0.05) is 30.3 Å². The number of nitrogens with zero attached hydrogens (tertiary/aromatic N) is 2. The van der Waals surface area contributed by atoms with E-state index in [-0.39, 0.29) is 18.4 Å². The van der Waals surface area contributed by atoms with Crippen molar-refractivity contribution in [3.63, 3.8) is 0 Å². The molecule has 0 spiro atoms. The fourth-order valence-corrected chi connectivity index (χ4v) is 3.93. The number of likely N-dealkylation sites (tertiary alicyclic amines) is 1.